The lowest BCUT2D eigenvalue weighted by molar-refractivity contribution is -0.124. The summed E-state index contributed by atoms with van der Waals surface area (Å²) in [7, 11) is 1.49. The number of nitrogens with one attached hydrogen (secondary N) is 4. The summed E-state index contributed by atoms with van der Waals surface area (Å²) in [6, 6.07) is 6.11. The first-order chi connectivity index (χ1) is 12.0. The van der Waals surface area contributed by atoms with Gasteiger partial charge in [0.05, 0.1) is 12.7 Å². The molecule has 1 aromatic carbocycles. The van der Waals surface area contributed by atoms with Crippen LogP contribution in [-0.4, -0.2) is 35.6 Å². The maximum atomic E-state index is 12.5. The number of thiocarbonyl (C=S) groups is 1. The van der Waals surface area contributed by atoms with Gasteiger partial charge in [-0.3, -0.25) is 20.4 Å². The molecule has 0 fully saturated rings. The van der Waals surface area contributed by atoms with Crippen molar-refractivity contribution < 1.29 is 14.3 Å². The van der Waals surface area contributed by atoms with Crippen LogP contribution in [0.4, 0.5) is 0 Å². The van der Waals surface area contributed by atoms with Gasteiger partial charge in [0.15, 0.2) is 5.11 Å². The number of carbonyl (C=O) groups is 2. The van der Waals surface area contributed by atoms with Crippen LogP contribution in [0.15, 0.2) is 24.3 Å². The maximum absolute atomic E-state index is 12.5. The molecule has 26 heavy (non-hydrogen) atoms. The van der Waals surface area contributed by atoms with E-state index in [0.717, 1.165) is 0 Å². The summed E-state index contributed by atoms with van der Waals surface area (Å²) in [5.41, 5.74) is 5.32. The molecule has 0 aliphatic heterocycles. The Morgan fingerprint density at radius 1 is 1.12 bits per heavy atom. The van der Waals surface area contributed by atoms with Crippen LogP contribution in [0.5, 0.6) is 5.75 Å². The number of methoxy groups -OCH3 is 1. The molecule has 0 aromatic heterocycles. The molecule has 144 valence electrons. The fraction of sp³-hybridized carbons (Fsp3) is 0.500. The fourth-order valence-electron chi connectivity index (χ4n) is 2.15. The molecule has 0 aliphatic carbocycles. The SMILES string of the molecule is COc1ccccc1C(=O)N[C@H](C(=O)NNC(=S)NC(C)(C)C)C(C)C. The van der Waals surface area contributed by atoms with Crippen LogP contribution in [0.2, 0.25) is 0 Å². The Bertz CT molecular complexity index is 656. The van der Waals surface area contributed by atoms with Crippen molar-refractivity contribution in [2.24, 2.45) is 5.92 Å². The molecular weight excluding hydrogens is 352 g/mol. The molecular formula is C18H28N4O3S. The van der Waals surface area contributed by atoms with Gasteiger partial charge in [-0.1, -0.05) is 26.0 Å². The Morgan fingerprint density at radius 2 is 1.73 bits per heavy atom. The second kappa shape index (κ2) is 9.38. The molecule has 1 rings (SSSR count). The lowest BCUT2D eigenvalue weighted by Gasteiger charge is -2.25. The third-order valence-corrected chi connectivity index (χ3v) is 3.58. The topological polar surface area (TPSA) is 91.5 Å². The Hall–Kier alpha value is -2.35. The first-order valence-electron chi connectivity index (χ1n) is 8.37. The third kappa shape index (κ3) is 6.87. The summed E-state index contributed by atoms with van der Waals surface area (Å²) in [4.78, 5) is 25.0. The molecule has 0 spiro atoms. The minimum atomic E-state index is -0.739. The van der Waals surface area contributed by atoms with E-state index in [0.29, 0.717) is 16.4 Å². The molecule has 0 aliphatic rings. The molecule has 0 bridgehead atoms. The van der Waals surface area contributed by atoms with E-state index in [2.05, 4.69) is 21.5 Å². The Labute approximate surface area is 160 Å². The molecule has 0 heterocycles. The highest BCUT2D eigenvalue weighted by Gasteiger charge is 2.26. The monoisotopic (exact) mass is 380 g/mol. The number of hydrogen-bond acceptors (Lipinski definition) is 4. The third-order valence-electron chi connectivity index (χ3n) is 3.38. The number of benzene rings is 1. The lowest BCUT2D eigenvalue weighted by atomic mass is 10.0. The quantitative estimate of drug-likeness (QED) is 0.459. The van der Waals surface area contributed by atoms with Gasteiger partial charge in [-0.2, -0.15) is 0 Å². The van der Waals surface area contributed by atoms with Crippen LogP contribution in [0, 0.1) is 5.92 Å². The van der Waals surface area contributed by atoms with Gasteiger partial charge in [-0.05, 0) is 51.0 Å². The number of carbonyl (C=O) groups excluding carboxylic acids is 2. The Balaban J connectivity index is 2.75. The summed E-state index contributed by atoms with van der Waals surface area (Å²) < 4.78 is 5.20. The average Bonchev–Trinajstić information content (AvgIpc) is 2.55. The lowest BCUT2D eigenvalue weighted by Crippen LogP contribution is -2.57. The second-order valence-corrected chi connectivity index (χ2v) is 7.62. The molecule has 0 unspecified atom stereocenters. The predicted molar refractivity (Wildman–Crippen MR) is 106 cm³/mol. The van der Waals surface area contributed by atoms with Crippen molar-refractivity contribution in [3.05, 3.63) is 29.8 Å². The van der Waals surface area contributed by atoms with Gasteiger partial charge in [0, 0.05) is 5.54 Å². The predicted octanol–water partition coefficient (Wildman–Crippen LogP) is 1.74. The summed E-state index contributed by atoms with van der Waals surface area (Å²) >= 11 is 5.13. The number of ether oxygens (including phenoxy) is 1. The molecule has 7 nitrogen and oxygen atoms in total. The minimum Gasteiger partial charge on any atom is -0.496 e. The van der Waals surface area contributed by atoms with Gasteiger partial charge in [0.1, 0.15) is 11.8 Å². The van der Waals surface area contributed by atoms with Crippen molar-refractivity contribution in [3.8, 4) is 5.75 Å². The van der Waals surface area contributed by atoms with Crippen molar-refractivity contribution in [2.75, 3.05) is 7.11 Å². The summed E-state index contributed by atoms with van der Waals surface area (Å²) in [5.74, 6) is -0.450. The van der Waals surface area contributed by atoms with Crippen molar-refractivity contribution >= 4 is 29.1 Å². The van der Waals surface area contributed by atoms with Crippen LogP contribution in [-0.2, 0) is 4.79 Å². The Kier molecular flexibility index (Phi) is 7.82. The van der Waals surface area contributed by atoms with E-state index < -0.39 is 6.04 Å². The number of amides is 2. The zero-order valence-electron chi connectivity index (χ0n) is 16.1. The van der Waals surface area contributed by atoms with Crippen molar-refractivity contribution in [1.29, 1.82) is 0 Å². The number of hydrazine groups is 1. The average molecular weight is 381 g/mol. The molecule has 8 heteroatoms. The summed E-state index contributed by atoms with van der Waals surface area (Å²) in [6.07, 6.45) is 0. The van der Waals surface area contributed by atoms with E-state index in [4.69, 9.17) is 17.0 Å². The zero-order valence-corrected chi connectivity index (χ0v) is 16.9. The van der Waals surface area contributed by atoms with Crippen LogP contribution in [0.25, 0.3) is 0 Å². The first-order valence-corrected chi connectivity index (χ1v) is 8.78. The van der Waals surface area contributed by atoms with E-state index >= 15 is 0 Å². The van der Waals surface area contributed by atoms with Crippen molar-refractivity contribution in [3.63, 3.8) is 0 Å². The highest BCUT2D eigenvalue weighted by molar-refractivity contribution is 7.80. The molecule has 1 atom stereocenters. The largest absolute Gasteiger partial charge is 0.496 e. The maximum Gasteiger partial charge on any atom is 0.261 e. The van der Waals surface area contributed by atoms with Crippen LogP contribution in [0.1, 0.15) is 45.0 Å². The van der Waals surface area contributed by atoms with Crippen molar-refractivity contribution in [1.82, 2.24) is 21.5 Å². The first kappa shape index (κ1) is 21.7. The fourth-order valence-corrected chi connectivity index (χ4v) is 2.51. The molecule has 0 radical (unpaired) electrons. The normalized spacial score (nSPS) is 12.1. The van der Waals surface area contributed by atoms with E-state index in [1.54, 1.807) is 24.3 Å². The number of hydrogen-bond donors (Lipinski definition) is 4. The summed E-state index contributed by atoms with van der Waals surface area (Å²) in [6.45, 7) is 9.55. The molecule has 0 saturated carbocycles. The van der Waals surface area contributed by atoms with Crippen LogP contribution >= 0.6 is 12.2 Å². The molecule has 4 N–H and O–H groups in total. The van der Waals surface area contributed by atoms with Gasteiger partial charge in [0.2, 0.25) is 0 Å². The number of para-hydroxylation sites is 1. The second-order valence-electron chi connectivity index (χ2n) is 7.21. The smallest absolute Gasteiger partial charge is 0.261 e. The van der Waals surface area contributed by atoms with E-state index in [1.165, 1.54) is 7.11 Å². The van der Waals surface area contributed by atoms with Crippen LogP contribution < -0.4 is 26.2 Å². The number of rotatable bonds is 5. The van der Waals surface area contributed by atoms with Crippen molar-refractivity contribution in [2.45, 2.75) is 46.2 Å². The van der Waals surface area contributed by atoms with Gasteiger partial charge in [-0.15, -0.1) is 0 Å². The van der Waals surface area contributed by atoms with E-state index in [9.17, 15) is 9.59 Å². The van der Waals surface area contributed by atoms with Gasteiger partial charge in [-0.25, -0.2) is 0 Å². The molecule has 1 aromatic rings. The minimum absolute atomic E-state index is 0.125. The molecule has 2 amide bonds. The Morgan fingerprint density at radius 3 is 2.27 bits per heavy atom. The highest BCUT2D eigenvalue weighted by atomic mass is 32.1. The van der Waals surface area contributed by atoms with Gasteiger partial charge >= 0.3 is 0 Å². The zero-order chi connectivity index (χ0) is 19.9. The van der Waals surface area contributed by atoms with Gasteiger partial charge < -0.3 is 15.4 Å². The van der Waals surface area contributed by atoms with Crippen LogP contribution in [0.3, 0.4) is 0 Å². The standard InChI is InChI=1S/C18H28N4O3S/c1-11(2)14(16(24)21-22-17(26)20-18(3,4)5)19-15(23)12-9-7-8-10-13(12)25-6/h7-11,14H,1-6H3,(H,19,23)(H,21,24)(H2,20,22,26)/t14-/m0/s1. The summed E-state index contributed by atoms with van der Waals surface area (Å²) in [5, 5.41) is 6.07. The van der Waals surface area contributed by atoms with E-state index in [1.807, 2.05) is 34.6 Å². The van der Waals surface area contributed by atoms with Gasteiger partial charge in [0.25, 0.3) is 11.8 Å². The highest BCUT2D eigenvalue weighted by Crippen LogP contribution is 2.17. The molecule has 0 saturated heterocycles. The van der Waals surface area contributed by atoms with E-state index in [-0.39, 0.29) is 23.3 Å².